The fourth-order valence-corrected chi connectivity index (χ4v) is 2.43. The first-order chi connectivity index (χ1) is 8.43. The van der Waals surface area contributed by atoms with Gasteiger partial charge in [0.1, 0.15) is 11.3 Å². The van der Waals surface area contributed by atoms with Crippen molar-refractivity contribution in [3.63, 3.8) is 0 Å². The van der Waals surface area contributed by atoms with Crippen LogP contribution in [0.1, 0.15) is 30.3 Å². The molecule has 0 bridgehead atoms. The molecule has 1 aliphatic heterocycles. The van der Waals surface area contributed by atoms with Crippen molar-refractivity contribution >= 4 is 17.6 Å². The van der Waals surface area contributed by atoms with Crippen molar-refractivity contribution in [2.45, 2.75) is 25.4 Å². The van der Waals surface area contributed by atoms with Crippen LogP contribution in [0.3, 0.4) is 0 Å². The molecule has 1 fully saturated rings. The van der Waals surface area contributed by atoms with Gasteiger partial charge >= 0.3 is 5.97 Å². The van der Waals surface area contributed by atoms with Crippen LogP contribution in [0.4, 0.5) is 5.69 Å². The van der Waals surface area contributed by atoms with Crippen molar-refractivity contribution in [2.75, 3.05) is 11.4 Å². The van der Waals surface area contributed by atoms with Crippen LogP contribution in [-0.4, -0.2) is 33.7 Å². The summed E-state index contributed by atoms with van der Waals surface area (Å²) in [6.45, 7) is 2.00. The van der Waals surface area contributed by atoms with Gasteiger partial charge in [-0.25, -0.2) is 4.79 Å². The maximum Gasteiger partial charge on any atom is 0.356 e. The fourth-order valence-electron chi connectivity index (χ4n) is 2.43. The van der Waals surface area contributed by atoms with Gasteiger partial charge in [-0.2, -0.15) is 0 Å². The number of rotatable bonds is 1. The summed E-state index contributed by atoms with van der Waals surface area (Å²) in [6, 6.07) is 0. The van der Waals surface area contributed by atoms with Crippen LogP contribution in [-0.2, 0) is 11.8 Å². The molecule has 1 N–H and O–H groups in total. The van der Waals surface area contributed by atoms with E-state index in [1.807, 2.05) is 0 Å². The fraction of sp³-hybridized carbons (Fsp3) is 0.500. The molecule has 1 aliphatic carbocycles. The van der Waals surface area contributed by atoms with Gasteiger partial charge in [-0.05, 0) is 12.8 Å². The van der Waals surface area contributed by atoms with E-state index in [1.165, 1.54) is 11.5 Å². The molecule has 6 heteroatoms. The van der Waals surface area contributed by atoms with E-state index >= 15 is 0 Å². The van der Waals surface area contributed by atoms with E-state index in [-0.39, 0.29) is 17.2 Å². The lowest BCUT2D eigenvalue weighted by Crippen LogP contribution is -2.43. The highest BCUT2D eigenvalue weighted by atomic mass is 16.5. The first kappa shape index (κ1) is 11.1. The number of hydrogen-bond donors (Lipinski definition) is 1. The Hall–Kier alpha value is -1.98. The average Bonchev–Trinajstić information content (AvgIpc) is 2.91. The van der Waals surface area contributed by atoms with E-state index < -0.39 is 5.97 Å². The van der Waals surface area contributed by atoms with Crippen LogP contribution >= 0.6 is 0 Å². The van der Waals surface area contributed by atoms with Gasteiger partial charge in [-0.3, -0.25) is 4.79 Å². The Morgan fingerprint density at radius 1 is 1.44 bits per heavy atom. The van der Waals surface area contributed by atoms with E-state index in [2.05, 4.69) is 0 Å². The topological polar surface area (TPSA) is 71.8 Å². The summed E-state index contributed by atoms with van der Waals surface area (Å²) < 4.78 is 7.32. The standard InChI is InChI=1S/C12H14N2O4/c1-7(15)14-6-12(3-4-12)18-10-8(14)5-13(2)9(10)11(16)17/h5H,3-4,6H2,1-2H3,(H,16,17). The molecule has 1 amide bonds. The molecule has 0 atom stereocenters. The lowest BCUT2D eigenvalue weighted by atomic mass is 10.2. The molecule has 0 unspecified atom stereocenters. The normalized spacial score (nSPS) is 19.3. The smallest absolute Gasteiger partial charge is 0.356 e. The van der Waals surface area contributed by atoms with E-state index in [0.29, 0.717) is 18.0 Å². The van der Waals surface area contributed by atoms with Crippen molar-refractivity contribution < 1.29 is 19.4 Å². The van der Waals surface area contributed by atoms with Crippen LogP contribution < -0.4 is 9.64 Å². The minimum Gasteiger partial charge on any atom is -0.481 e. The summed E-state index contributed by atoms with van der Waals surface area (Å²) in [7, 11) is 1.64. The molecule has 96 valence electrons. The lowest BCUT2D eigenvalue weighted by Gasteiger charge is -2.32. The molecule has 2 heterocycles. The van der Waals surface area contributed by atoms with Crippen LogP contribution in [0.2, 0.25) is 0 Å². The highest BCUT2D eigenvalue weighted by molar-refractivity contribution is 5.99. The Morgan fingerprint density at radius 2 is 2.11 bits per heavy atom. The van der Waals surface area contributed by atoms with Crippen molar-refractivity contribution in [2.24, 2.45) is 7.05 Å². The van der Waals surface area contributed by atoms with Gasteiger partial charge in [0, 0.05) is 20.2 Å². The maximum atomic E-state index is 11.7. The van der Waals surface area contributed by atoms with Gasteiger partial charge in [0.25, 0.3) is 0 Å². The number of anilines is 1. The Bertz CT molecular complexity index is 557. The molecule has 2 aliphatic rings. The van der Waals surface area contributed by atoms with Gasteiger partial charge in [0.2, 0.25) is 5.91 Å². The number of amides is 1. The highest BCUT2D eigenvalue weighted by Gasteiger charge is 2.52. The molecular formula is C12H14N2O4. The molecular weight excluding hydrogens is 236 g/mol. The number of carboxylic acids is 1. The second kappa shape index (κ2) is 3.28. The predicted octanol–water partition coefficient (Wildman–Crippen LogP) is 1.00. The summed E-state index contributed by atoms with van der Waals surface area (Å²) in [5.74, 6) is -0.808. The van der Waals surface area contributed by atoms with Crippen LogP contribution in [0.25, 0.3) is 0 Å². The largest absolute Gasteiger partial charge is 0.481 e. The van der Waals surface area contributed by atoms with Crippen molar-refractivity contribution in [3.05, 3.63) is 11.9 Å². The molecule has 1 aromatic rings. The first-order valence-corrected chi connectivity index (χ1v) is 5.83. The third kappa shape index (κ3) is 1.41. The number of carbonyl (C=O) groups excluding carboxylic acids is 1. The molecule has 0 saturated heterocycles. The van der Waals surface area contributed by atoms with Gasteiger partial charge in [0.05, 0.1) is 6.54 Å². The first-order valence-electron chi connectivity index (χ1n) is 5.83. The average molecular weight is 250 g/mol. The lowest BCUT2D eigenvalue weighted by molar-refractivity contribution is -0.117. The van der Waals surface area contributed by atoms with E-state index in [0.717, 1.165) is 12.8 Å². The monoisotopic (exact) mass is 250 g/mol. The van der Waals surface area contributed by atoms with Crippen molar-refractivity contribution in [3.8, 4) is 5.75 Å². The molecule has 1 spiro atoms. The third-order valence-corrected chi connectivity index (χ3v) is 3.56. The highest BCUT2D eigenvalue weighted by Crippen LogP contribution is 2.50. The molecule has 18 heavy (non-hydrogen) atoms. The molecule has 0 radical (unpaired) electrons. The summed E-state index contributed by atoms with van der Waals surface area (Å²) in [5, 5.41) is 9.22. The van der Waals surface area contributed by atoms with E-state index in [4.69, 9.17) is 4.74 Å². The van der Waals surface area contributed by atoms with Crippen molar-refractivity contribution in [1.29, 1.82) is 0 Å². The minimum atomic E-state index is -1.04. The number of fused-ring (bicyclic) bond motifs is 1. The Morgan fingerprint density at radius 3 is 2.61 bits per heavy atom. The number of aryl methyl sites for hydroxylation is 1. The van der Waals surface area contributed by atoms with Gasteiger partial charge in [0.15, 0.2) is 11.4 Å². The number of aromatic carboxylic acids is 1. The van der Waals surface area contributed by atoms with Gasteiger partial charge in [-0.15, -0.1) is 0 Å². The Kier molecular flexibility index (Phi) is 2.03. The number of carboxylic acid groups (broad SMARTS) is 1. The predicted molar refractivity (Wildman–Crippen MR) is 63.0 cm³/mol. The SMILES string of the molecule is CC(=O)N1CC2(CC2)Oc2c1cn(C)c2C(=O)O. The van der Waals surface area contributed by atoms with Crippen LogP contribution in [0, 0.1) is 0 Å². The van der Waals surface area contributed by atoms with Gasteiger partial charge < -0.3 is 19.3 Å². The quantitative estimate of drug-likeness (QED) is 0.807. The van der Waals surface area contributed by atoms with Crippen LogP contribution in [0.15, 0.2) is 6.20 Å². The summed E-state index contributed by atoms with van der Waals surface area (Å²) in [6.07, 6.45) is 3.36. The zero-order chi connectivity index (χ0) is 13.1. The molecule has 1 aromatic heterocycles. The third-order valence-electron chi connectivity index (χ3n) is 3.56. The molecule has 0 aromatic carbocycles. The number of carbonyl (C=O) groups is 2. The second-order valence-corrected chi connectivity index (χ2v) is 5.00. The minimum absolute atomic E-state index is 0.0895. The molecule has 6 nitrogen and oxygen atoms in total. The van der Waals surface area contributed by atoms with E-state index in [1.54, 1.807) is 18.1 Å². The Balaban J connectivity index is 2.16. The number of hydrogen-bond acceptors (Lipinski definition) is 3. The van der Waals surface area contributed by atoms with Crippen LogP contribution in [0.5, 0.6) is 5.75 Å². The summed E-state index contributed by atoms with van der Waals surface area (Å²) >= 11 is 0. The number of aromatic nitrogens is 1. The summed E-state index contributed by atoms with van der Waals surface area (Å²) in [5.41, 5.74) is 0.298. The maximum absolute atomic E-state index is 11.7. The van der Waals surface area contributed by atoms with Gasteiger partial charge in [-0.1, -0.05) is 0 Å². The zero-order valence-electron chi connectivity index (χ0n) is 10.3. The summed E-state index contributed by atoms with van der Waals surface area (Å²) in [4.78, 5) is 24.5. The van der Waals surface area contributed by atoms with Crippen molar-refractivity contribution in [1.82, 2.24) is 4.57 Å². The van der Waals surface area contributed by atoms with E-state index in [9.17, 15) is 14.7 Å². The number of nitrogens with zero attached hydrogens (tertiary/aromatic N) is 2. The molecule has 3 rings (SSSR count). The zero-order valence-corrected chi connectivity index (χ0v) is 10.3. The second-order valence-electron chi connectivity index (χ2n) is 5.00. The number of ether oxygens (including phenoxy) is 1. The Labute approximate surface area is 104 Å². The molecule has 1 saturated carbocycles.